The lowest BCUT2D eigenvalue weighted by Crippen LogP contribution is -2.52. The molecule has 64 heavy (non-hydrogen) atoms. The molecule has 1 unspecified atom stereocenters. The van der Waals surface area contributed by atoms with Crippen LogP contribution < -0.4 is 31.7 Å². The predicted molar refractivity (Wildman–Crippen MR) is 238 cm³/mol. The number of unbranched alkanes of at least 4 members (excludes halogenated alkanes) is 3. The number of nitrogens with one attached hydrogen (secondary N) is 5. The van der Waals surface area contributed by atoms with Crippen molar-refractivity contribution in [3.8, 4) is 5.75 Å². The fourth-order valence-corrected chi connectivity index (χ4v) is 7.19. The molecular formula is C46H55N10O8+. The Bertz CT molecular complexity index is 2360. The van der Waals surface area contributed by atoms with Crippen LogP contribution in [0, 0.1) is 5.41 Å². The van der Waals surface area contributed by atoms with Gasteiger partial charge in [0.2, 0.25) is 23.6 Å². The molecule has 7 N–H and O–H groups in total. The highest BCUT2D eigenvalue weighted by atomic mass is 16.5. The van der Waals surface area contributed by atoms with E-state index in [-0.39, 0.29) is 74.7 Å². The van der Waals surface area contributed by atoms with E-state index in [0.29, 0.717) is 59.4 Å². The summed E-state index contributed by atoms with van der Waals surface area (Å²) in [5.41, 5.74) is 10.3. The second kappa shape index (κ2) is 22.9. The Balaban J connectivity index is 0.811. The number of benzene rings is 3. The topological polar surface area (TPSA) is 243 Å². The van der Waals surface area contributed by atoms with E-state index in [2.05, 4.69) is 31.2 Å². The molecule has 1 saturated heterocycles. The Labute approximate surface area is 371 Å². The monoisotopic (exact) mass is 875 g/mol. The fourth-order valence-electron chi connectivity index (χ4n) is 7.19. The van der Waals surface area contributed by atoms with E-state index < -0.39 is 11.9 Å². The molecule has 3 aromatic carbocycles. The van der Waals surface area contributed by atoms with Crippen molar-refractivity contribution >= 4 is 52.6 Å². The highest BCUT2D eigenvalue weighted by molar-refractivity contribution is 6.07. The summed E-state index contributed by atoms with van der Waals surface area (Å²) < 4.78 is 18.7. The molecule has 6 rings (SSSR count). The van der Waals surface area contributed by atoms with Crippen LogP contribution in [0.15, 0.2) is 85.3 Å². The zero-order valence-corrected chi connectivity index (χ0v) is 36.1. The van der Waals surface area contributed by atoms with Gasteiger partial charge in [-0.25, -0.2) is 14.5 Å². The number of anilines is 2. The first kappa shape index (κ1) is 46.5. The Kier molecular flexibility index (Phi) is 16.6. The van der Waals surface area contributed by atoms with Crippen LogP contribution in [-0.4, -0.2) is 113 Å². The lowest BCUT2D eigenvalue weighted by Gasteiger charge is -2.29. The summed E-state index contributed by atoms with van der Waals surface area (Å²) in [6.45, 7) is 3.86. The maximum Gasteiger partial charge on any atom is 0.280 e. The number of carbonyl (C=O) groups is 5. The van der Waals surface area contributed by atoms with Crippen LogP contribution in [0.5, 0.6) is 5.75 Å². The SMILES string of the molecule is C[C@@H](NC(=O)c1cccc(NCC(N)=[N+](C)C(=N)c2ccncn2)c1)c1cccc(OCCCCCCOCCOCC(=O)Nc2cccc3c2CN(C2CCC(=O)NC2=O)C3=O)c1. The molecule has 18 heteroatoms. The molecule has 5 amide bonds. The molecular weight excluding hydrogens is 821 g/mol. The standard InChI is InChI=1S/C46H54N10O8/c1-30(52-44(59)32-11-7-12-33(24-32)50-26-40(47)55(2)43(48)38-18-19-49-29-51-38)31-10-8-13-34(25-31)64-21-6-4-3-5-20-62-22-23-63-28-42(58)53-37-15-9-14-35-36(37)27-56(46(35)61)39-16-17-41(57)54-45(39)60/h7-15,18-19,24-25,29-30,39,47-48,50H,3-6,16-17,20-23,26-28H2,1-2H3,(H3,52,53,54,57,58,59,60)/p+1/t30-,39?/m1/s1. The molecule has 4 aromatic rings. The zero-order valence-electron chi connectivity index (χ0n) is 36.1. The summed E-state index contributed by atoms with van der Waals surface area (Å²) in [7, 11) is 1.69. The zero-order chi connectivity index (χ0) is 45.4. The number of nitrogens with zero attached hydrogens (tertiary/aromatic N) is 4. The van der Waals surface area contributed by atoms with Crippen LogP contribution >= 0.6 is 0 Å². The molecule has 18 nitrogen and oxygen atoms in total. The molecule has 2 atom stereocenters. The first-order valence-electron chi connectivity index (χ1n) is 21.3. The van der Waals surface area contributed by atoms with E-state index >= 15 is 0 Å². The van der Waals surface area contributed by atoms with Crippen LogP contribution in [0.25, 0.3) is 0 Å². The van der Waals surface area contributed by atoms with Crippen LogP contribution in [0.2, 0.25) is 0 Å². The van der Waals surface area contributed by atoms with Gasteiger partial charge in [-0.1, -0.05) is 30.7 Å². The highest BCUT2D eigenvalue weighted by Gasteiger charge is 2.40. The minimum absolute atomic E-state index is 0.139. The molecule has 336 valence electrons. The van der Waals surface area contributed by atoms with Crippen LogP contribution in [0.3, 0.4) is 0 Å². The van der Waals surface area contributed by atoms with Crippen molar-refractivity contribution in [1.29, 1.82) is 5.41 Å². The van der Waals surface area contributed by atoms with Gasteiger partial charge in [-0.2, -0.15) is 5.41 Å². The Morgan fingerprint density at radius 3 is 2.55 bits per heavy atom. The van der Waals surface area contributed by atoms with Gasteiger partial charge in [0, 0.05) is 53.8 Å². The second-order valence-electron chi connectivity index (χ2n) is 15.4. The van der Waals surface area contributed by atoms with Gasteiger partial charge in [0.15, 0.2) is 0 Å². The summed E-state index contributed by atoms with van der Waals surface area (Å²) in [4.78, 5) is 72.2. The van der Waals surface area contributed by atoms with Gasteiger partial charge in [-0.05, 0) is 86.7 Å². The number of hydrogen-bond donors (Lipinski definition) is 6. The summed E-state index contributed by atoms with van der Waals surface area (Å²) in [5.74, 6) is -0.471. The van der Waals surface area contributed by atoms with E-state index in [4.69, 9.17) is 25.4 Å². The van der Waals surface area contributed by atoms with E-state index in [1.54, 1.807) is 55.7 Å². The van der Waals surface area contributed by atoms with E-state index in [9.17, 15) is 24.0 Å². The molecule has 0 bridgehead atoms. The number of nitrogens with two attached hydrogens (primary N) is 1. The molecule has 2 aliphatic heterocycles. The first-order chi connectivity index (χ1) is 31.0. The average Bonchev–Trinajstić information content (AvgIpc) is 3.64. The molecule has 0 aliphatic carbocycles. The van der Waals surface area contributed by atoms with E-state index in [1.165, 1.54) is 15.8 Å². The van der Waals surface area contributed by atoms with Gasteiger partial charge in [-0.15, -0.1) is 0 Å². The van der Waals surface area contributed by atoms with Crippen molar-refractivity contribution in [2.24, 2.45) is 5.73 Å². The average molecular weight is 876 g/mol. The van der Waals surface area contributed by atoms with Gasteiger partial charge in [-0.3, -0.25) is 29.3 Å². The molecule has 3 heterocycles. The van der Waals surface area contributed by atoms with Crippen molar-refractivity contribution in [2.75, 3.05) is 57.3 Å². The number of carbonyl (C=O) groups excluding carboxylic acids is 5. The Morgan fingerprint density at radius 1 is 0.969 bits per heavy atom. The fraction of sp³-hybridized carbons (Fsp3) is 0.370. The third kappa shape index (κ3) is 12.8. The molecule has 1 aromatic heterocycles. The quantitative estimate of drug-likeness (QED) is 0.0217. The summed E-state index contributed by atoms with van der Waals surface area (Å²) >= 11 is 0. The number of aromatic nitrogens is 2. The second-order valence-corrected chi connectivity index (χ2v) is 15.4. The minimum atomic E-state index is -0.735. The number of imide groups is 1. The van der Waals surface area contributed by atoms with Crippen molar-refractivity contribution in [1.82, 2.24) is 25.5 Å². The van der Waals surface area contributed by atoms with E-state index in [0.717, 1.165) is 37.0 Å². The van der Waals surface area contributed by atoms with Gasteiger partial charge in [0.1, 0.15) is 37.0 Å². The predicted octanol–water partition coefficient (Wildman–Crippen LogP) is 3.78. The molecule has 2 aliphatic rings. The highest BCUT2D eigenvalue weighted by Crippen LogP contribution is 2.32. The summed E-state index contributed by atoms with van der Waals surface area (Å²) in [6, 6.07) is 20.5. The number of hydrogen-bond acceptors (Lipinski definition) is 12. The number of fused-ring (bicyclic) bond motifs is 1. The number of piperidine rings is 1. The van der Waals surface area contributed by atoms with Crippen molar-refractivity contribution in [3.05, 3.63) is 113 Å². The largest absolute Gasteiger partial charge is 0.494 e. The molecule has 0 radical (unpaired) electrons. The van der Waals surface area contributed by atoms with Crippen molar-refractivity contribution in [2.45, 2.75) is 64.1 Å². The normalized spacial score (nSPS) is 15.4. The number of amides is 5. The van der Waals surface area contributed by atoms with Gasteiger partial charge in [0.05, 0.1) is 32.9 Å². The van der Waals surface area contributed by atoms with Gasteiger partial charge >= 0.3 is 0 Å². The molecule has 0 saturated carbocycles. The minimum Gasteiger partial charge on any atom is -0.494 e. The third-order valence-electron chi connectivity index (χ3n) is 10.8. The maximum absolute atomic E-state index is 13.2. The molecule has 0 spiro atoms. The lowest BCUT2D eigenvalue weighted by atomic mass is 10.0. The number of rotatable bonds is 22. The molecule has 1 fully saturated rings. The Morgan fingerprint density at radius 2 is 1.75 bits per heavy atom. The van der Waals surface area contributed by atoms with Crippen LogP contribution in [0.4, 0.5) is 11.4 Å². The van der Waals surface area contributed by atoms with Crippen LogP contribution in [0.1, 0.15) is 89.0 Å². The van der Waals surface area contributed by atoms with Crippen LogP contribution in [-0.2, 0) is 30.4 Å². The smallest absolute Gasteiger partial charge is 0.280 e. The first-order valence-corrected chi connectivity index (χ1v) is 21.3. The Hall–Kier alpha value is -7.05. The third-order valence-corrected chi connectivity index (χ3v) is 10.8. The lowest BCUT2D eigenvalue weighted by molar-refractivity contribution is -0.373. The van der Waals surface area contributed by atoms with E-state index in [1.807, 2.05) is 37.3 Å². The summed E-state index contributed by atoms with van der Waals surface area (Å²) in [6.07, 6.45) is 7.05. The summed E-state index contributed by atoms with van der Waals surface area (Å²) in [5, 5.41) is 19.7. The number of ether oxygens (including phenoxy) is 3. The number of amidine groups is 2. The maximum atomic E-state index is 13.2. The van der Waals surface area contributed by atoms with Gasteiger partial charge < -0.3 is 40.8 Å². The van der Waals surface area contributed by atoms with Gasteiger partial charge in [0.25, 0.3) is 17.6 Å². The van der Waals surface area contributed by atoms with Crippen molar-refractivity contribution in [3.63, 3.8) is 0 Å². The van der Waals surface area contributed by atoms with Crippen molar-refractivity contribution < 1.29 is 42.8 Å².